The van der Waals surface area contributed by atoms with Crippen LogP contribution in [0.2, 0.25) is 0 Å². The van der Waals surface area contributed by atoms with E-state index in [-0.39, 0.29) is 0 Å². The van der Waals surface area contributed by atoms with Crippen molar-refractivity contribution in [2.45, 2.75) is 25.2 Å². The van der Waals surface area contributed by atoms with Gasteiger partial charge in [-0.05, 0) is 30.4 Å². The molecule has 3 nitrogen and oxygen atoms in total. The molecule has 0 amide bonds. The minimum Gasteiger partial charge on any atom is -0.370 e. The molecule has 1 saturated carbocycles. The van der Waals surface area contributed by atoms with Crippen molar-refractivity contribution in [1.82, 2.24) is 8.75 Å². The zero-order valence-corrected chi connectivity index (χ0v) is 10.6. The summed E-state index contributed by atoms with van der Waals surface area (Å²) in [5.74, 6) is 1.64. The summed E-state index contributed by atoms with van der Waals surface area (Å²) in [5, 5.41) is 3.09. The Kier molecular flexibility index (Phi) is 2.81. The van der Waals surface area contributed by atoms with Gasteiger partial charge in [0.05, 0.1) is 11.7 Å². The third-order valence-corrected chi connectivity index (χ3v) is 3.99. The summed E-state index contributed by atoms with van der Waals surface area (Å²) in [4.78, 5) is 0. The first kappa shape index (κ1) is 10.7. The van der Waals surface area contributed by atoms with Crippen LogP contribution in [-0.4, -0.2) is 15.8 Å². The minimum atomic E-state index is 0.764. The number of anilines is 1. The van der Waals surface area contributed by atoms with Gasteiger partial charge in [0.2, 0.25) is 0 Å². The smallest absolute Gasteiger partial charge is 0.167 e. The molecule has 1 aliphatic carbocycles. The fourth-order valence-corrected chi connectivity index (χ4v) is 2.80. The lowest BCUT2D eigenvalue weighted by Gasteiger charge is -2.26. The minimum absolute atomic E-state index is 0.764. The van der Waals surface area contributed by atoms with Gasteiger partial charge in [-0.1, -0.05) is 24.6 Å². The maximum Gasteiger partial charge on any atom is 0.167 e. The van der Waals surface area contributed by atoms with E-state index in [1.165, 1.54) is 42.1 Å². The molecule has 1 fully saturated rings. The summed E-state index contributed by atoms with van der Waals surface area (Å²) in [6.45, 7) is 0. The number of benzene rings is 1. The maximum atomic E-state index is 4.37. The van der Waals surface area contributed by atoms with Crippen molar-refractivity contribution < 1.29 is 0 Å². The second-order valence-corrected chi connectivity index (χ2v) is 4.99. The normalized spacial score (nSPS) is 15.6. The largest absolute Gasteiger partial charge is 0.370 e. The number of nitrogens with zero attached hydrogens (tertiary/aromatic N) is 2. The Bertz CT molecular complexity index is 517. The van der Waals surface area contributed by atoms with E-state index in [1.807, 2.05) is 7.05 Å². The van der Waals surface area contributed by atoms with Crippen LogP contribution in [0.5, 0.6) is 0 Å². The molecule has 0 spiro atoms. The second-order valence-electron chi connectivity index (χ2n) is 4.46. The average molecular weight is 245 g/mol. The molecule has 0 atom stereocenters. The first-order valence-corrected chi connectivity index (χ1v) is 6.72. The number of hydrogen-bond acceptors (Lipinski definition) is 4. The van der Waals surface area contributed by atoms with E-state index in [4.69, 9.17) is 0 Å². The van der Waals surface area contributed by atoms with Gasteiger partial charge in [0.25, 0.3) is 0 Å². The van der Waals surface area contributed by atoms with Gasteiger partial charge in [-0.2, -0.15) is 8.75 Å². The number of hydrogen-bond donors (Lipinski definition) is 1. The molecule has 1 N–H and O–H groups in total. The Morgan fingerprint density at radius 2 is 2.18 bits per heavy atom. The van der Waals surface area contributed by atoms with Gasteiger partial charge in [-0.25, -0.2) is 0 Å². The van der Waals surface area contributed by atoms with Crippen molar-refractivity contribution in [1.29, 1.82) is 0 Å². The third-order valence-electron chi connectivity index (χ3n) is 3.46. The highest BCUT2D eigenvalue weighted by molar-refractivity contribution is 6.99. The van der Waals surface area contributed by atoms with Crippen LogP contribution in [0, 0.1) is 0 Å². The lowest BCUT2D eigenvalue weighted by Crippen LogP contribution is -2.08. The molecule has 1 heterocycles. The van der Waals surface area contributed by atoms with Crippen molar-refractivity contribution in [3.8, 4) is 11.3 Å². The Morgan fingerprint density at radius 3 is 2.88 bits per heavy atom. The Balaban J connectivity index is 1.97. The lowest BCUT2D eigenvalue weighted by molar-refractivity contribution is 0.420. The van der Waals surface area contributed by atoms with Crippen LogP contribution >= 0.6 is 11.7 Å². The highest BCUT2D eigenvalue weighted by atomic mass is 32.1. The van der Waals surface area contributed by atoms with E-state index in [2.05, 4.69) is 38.3 Å². The van der Waals surface area contributed by atoms with E-state index < -0.39 is 0 Å². The van der Waals surface area contributed by atoms with Crippen LogP contribution in [0.1, 0.15) is 30.7 Å². The predicted octanol–water partition coefficient (Wildman–Crippen LogP) is 3.51. The molecule has 0 bridgehead atoms. The third kappa shape index (κ3) is 1.93. The summed E-state index contributed by atoms with van der Waals surface area (Å²) in [6, 6.07) is 8.73. The van der Waals surface area contributed by atoms with Crippen LogP contribution in [0.25, 0.3) is 11.3 Å². The predicted molar refractivity (Wildman–Crippen MR) is 71.5 cm³/mol. The standard InChI is InChI=1S/C13H15N3S/c1-14-13-12(15-17-16-13)11-7-3-6-10(8-11)9-4-2-5-9/h3,6-9H,2,4-5H2,1H3,(H,14,16). The Hall–Kier alpha value is -1.42. The summed E-state index contributed by atoms with van der Waals surface area (Å²) in [6.07, 6.45) is 4.03. The first-order valence-electron chi connectivity index (χ1n) is 5.99. The van der Waals surface area contributed by atoms with Gasteiger partial charge in [0.15, 0.2) is 5.82 Å². The lowest BCUT2D eigenvalue weighted by atomic mass is 9.79. The fourth-order valence-electron chi connectivity index (χ4n) is 2.22. The molecule has 88 valence electrons. The molecule has 1 aromatic carbocycles. The molecule has 0 saturated heterocycles. The highest BCUT2D eigenvalue weighted by Crippen LogP contribution is 2.38. The quantitative estimate of drug-likeness (QED) is 0.899. The van der Waals surface area contributed by atoms with Gasteiger partial charge in [-0.3, -0.25) is 0 Å². The van der Waals surface area contributed by atoms with Crippen LogP contribution in [-0.2, 0) is 0 Å². The number of nitrogens with one attached hydrogen (secondary N) is 1. The van der Waals surface area contributed by atoms with Crippen molar-refractivity contribution in [2.24, 2.45) is 0 Å². The summed E-state index contributed by atoms with van der Waals surface area (Å²) in [5.41, 5.74) is 3.59. The van der Waals surface area contributed by atoms with Crippen molar-refractivity contribution >= 4 is 17.5 Å². The van der Waals surface area contributed by atoms with E-state index in [1.54, 1.807) is 0 Å². The van der Waals surface area contributed by atoms with E-state index in [0.29, 0.717) is 0 Å². The molecule has 0 unspecified atom stereocenters. The maximum absolute atomic E-state index is 4.37. The fraction of sp³-hybridized carbons (Fsp3) is 0.385. The highest BCUT2D eigenvalue weighted by Gasteiger charge is 2.20. The Labute approximate surface area is 105 Å². The zero-order valence-electron chi connectivity index (χ0n) is 9.81. The van der Waals surface area contributed by atoms with Crippen LogP contribution < -0.4 is 5.32 Å². The van der Waals surface area contributed by atoms with Crippen molar-refractivity contribution in [3.05, 3.63) is 29.8 Å². The molecular weight excluding hydrogens is 230 g/mol. The SMILES string of the molecule is CNc1nsnc1-c1cccc(C2CCC2)c1. The number of aromatic nitrogens is 2. The summed E-state index contributed by atoms with van der Waals surface area (Å²) in [7, 11) is 1.88. The summed E-state index contributed by atoms with van der Waals surface area (Å²) >= 11 is 1.26. The molecule has 1 aromatic heterocycles. The topological polar surface area (TPSA) is 37.8 Å². The van der Waals surface area contributed by atoms with E-state index >= 15 is 0 Å². The first-order chi connectivity index (χ1) is 8.38. The molecule has 0 radical (unpaired) electrons. The molecular formula is C13H15N3S. The van der Waals surface area contributed by atoms with E-state index in [9.17, 15) is 0 Å². The van der Waals surface area contributed by atoms with Gasteiger partial charge >= 0.3 is 0 Å². The monoisotopic (exact) mass is 245 g/mol. The van der Waals surface area contributed by atoms with Gasteiger partial charge < -0.3 is 5.32 Å². The number of rotatable bonds is 3. The van der Waals surface area contributed by atoms with E-state index in [0.717, 1.165) is 17.4 Å². The second kappa shape index (κ2) is 4.45. The molecule has 2 aromatic rings. The summed E-state index contributed by atoms with van der Waals surface area (Å²) < 4.78 is 8.61. The van der Waals surface area contributed by atoms with Crippen LogP contribution in [0.3, 0.4) is 0 Å². The zero-order chi connectivity index (χ0) is 11.7. The van der Waals surface area contributed by atoms with Crippen LogP contribution in [0.15, 0.2) is 24.3 Å². The van der Waals surface area contributed by atoms with Gasteiger partial charge in [0, 0.05) is 12.6 Å². The molecule has 0 aliphatic heterocycles. The van der Waals surface area contributed by atoms with Gasteiger partial charge in [-0.15, -0.1) is 0 Å². The molecule has 3 rings (SSSR count). The average Bonchev–Trinajstić information content (AvgIpc) is 2.75. The molecule has 1 aliphatic rings. The van der Waals surface area contributed by atoms with Crippen molar-refractivity contribution in [3.63, 3.8) is 0 Å². The molecule has 4 heteroatoms. The van der Waals surface area contributed by atoms with Gasteiger partial charge in [0.1, 0.15) is 5.69 Å². The van der Waals surface area contributed by atoms with Crippen LogP contribution in [0.4, 0.5) is 5.82 Å². The molecule has 17 heavy (non-hydrogen) atoms. The Morgan fingerprint density at radius 1 is 1.29 bits per heavy atom. The van der Waals surface area contributed by atoms with Crippen molar-refractivity contribution in [2.75, 3.05) is 12.4 Å².